The van der Waals surface area contributed by atoms with Crippen LogP contribution in [-0.2, 0) is 0 Å². The molecule has 0 spiro atoms. The second kappa shape index (κ2) is 9.42. The third-order valence-corrected chi connectivity index (χ3v) is 4.22. The molecule has 1 fully saturated rings. The zero-order valence-corrected chi connectivity index (χ0v) is 14.7. The van der Waals surface area contributed by atoms with Crippen molar-refractivity contribution in [2.24, 2.45) is 0 Å². The lowest BCUT2D eigenvalue weighted by atomic mass is 10.0. The van der Waals surface area contributed by atoms with Crippen LogP contribution in [0.15, 0.2) is 54.9 Å². The number of halogens is 1. The number of piperazine rings is 1. The fraction of sp³-hybridized carbons (Fsp3) is 0.316. The molecular formula is C19H24ClN3O. The molecule has 0 saturated carbocycles. The zero-order valence-electron chi connectivity index (χ0n) is 13.9. The third-order valence-electron chi connectivity index (χ3n) is 4.22. The van der Waals surface area contributed by atoms with Crippen LogP contribution >= 0.6 is 12.4 Å². The molecule has 0 bridgehead atoms. The van der Waals surface area contributed by atoms with Gasteiger partial charge in [0.15, 0.2) is 0 Å². The summed E-state index contributed by atoms with van der Waals surface area (Å²) in [5.41, 5.74) is 2.43. The van der Waals surface area contributed by atoms with E-state index in [-0.39, 0.29) is 12.4 Å². The van der Waals surface area contributed by atoms with E-state index in [0.29, 0.717) is 6.04 Å². The van der Waals surface area contributed by atoms with Crippen molar-refractivity contribution in [1.29, 1.82) is 0 Å². The van der Waals surface area contributed by atoms with Gasteiger partial charge in [0.1, 0.15) is 5.75 Å². The largest absolute Gasteiger partial charge is 0.496 e. The van der Waals surface area contributed by atoms with E-state index < -0.39 is 0 Å². The van der Waals surface area contributed by atoms with Gasteiger partial charge in [-0.05, 0) is 23.8 Å². The molecule has 0 aliphatic carbocycles. The van der Waals surface area contributed by atoms with Crippen LogP contribution < -0.4 is 10.1 Å². The molecular weight excluding hydrogens is 322 g/mol. The molecule has 1 aliphatic rings. The number of nitrogens with one attached hydrogen (secondary N) is 1. The Hall–Kier alpha value is -1.88. The molecule has 128 valence electrons. The summed E-state index contributed by atoms with van der Waals surface area (Å²) in [6, 6.07) is 12.7. The molecule has 1 saturated heterocycles. The summed E-state index contributed by atoms with van der Waals surface area (Å²) in [6.07, 6.45) is 8.10. The molecule has 2 heterocycles. The average molecular weight is 346 g/mol. The van der Waals surface area contributed by atoms with Crippen molar-refractivity contribution in [1.82, 2.24) is 15.2 Å². The second-order valence-corrected chi connectivity index (χ2v) is 5.64. The highest BCUT2D eigenvalue weighted by molar-refractivity contribution is 5.85. The standard InChI is InChI=1S/C19H23N3O.ClH/c1-23-19-7-3-2-5-17(19)6-4-13-22-14-12-21-15-18(22)16-8-10-20-11-9-16;/h2-11,18,21H,12-15H2,1H3;1H/b6-4+;. The second-order valence-electron chi connectivity index (χ2n) is 5.64. The first-order chi connectivity index (χ1) is 11.4. The maximum atomic E-state index is 5.40. The Bertz CT molecular complexity index is 648. The number of pyridine rings is 1. The molecule has 1 aromatic heterocycles. The summed E-state index contributed by atoms with van der Waals surface area (Å²) < 4.78 is 5.40. The van der Waals surface area contributed by atoms with Gasteiger partial charge in [0.2, 0.25) is 0 Å². The Balaban J connectivity index is 0.00000208. The molecule has 24 heavy (non-hydrogen) atoms. The number of para-hydroxylation sites is 1. The number of benzene rings is 1. The summed E-state index contributed by atoms with van der Waals surface area (Å²) in [5, 5.41) is 3.48. The van der Waals surface area contributed by atoms with Crippen LogP contribution in [0, 0.1) is 0 Å². The van der Waals surface area contributed by atoms with Crippen LogP contribution in [0.4, 0.5) is 0 Å². The Labute approximate surface area is 150 Å². The third kappa shape index (κ3) is 4.57. The van der Waals surface area contributed by atoms with Gasteiger partial charge in [-0.3, -0.25) is 9.88 Å². The first-order valence-electron chi connectivity index (χ1n) is 8.03. The lowest BCUT2D eigenvalue weighted by molar-refractivity contribution is 0.180. The summed E-state index contributed by atoms with van der Waals surface area (Å²) in [7, 11) is 1.71. The molecule has 3 rings (SSSR count). The number of nitrogens with zero attached hydrogens (tertiary/aromatic N) is 2. The fourth-order valence-electron chi connectivity index (χ4n) is 3.00. The highest BCUT2D eigenvalue weighted by Gasteiger charge is 2.22. The molecule has 1 N–H and O–H groups in total. The van der Waals surface area contributed by atoms with E-state index in [2.05, 4.69) is 45.6 Å². The lowest BCUT2D eigenvalue weighted by Crippen LogP contribution is -2.45. The average Bonchev–Trinajstić information content (AvgIpc) is 2.63. The molecule has 0 amide bonds. The van der Waals surface area contributed by atoms with Gasteiger partial charge in [0.25, 0.3) is 0 Å². The molecule has 5 heteroatoms. The van der Waals surface area contributed by atoms with Crippen LogP contribution in [0.3, 0.4) is 0 Å². The molecule has 1 aromatic carbocycles. The summed E-state index contributed by atoms with van der Waals surface area (Å²) in [6.45, 7) is 3.98. The van der Waals surface area contributed by atoms with Crippen molar-refractivity contribution in [3.05, 3.63) is 66.0 Å². The van der Waals surface area contributed by atoms with Crippen molar-refractivity contribution < 1.29 is 4.74 Å². The number of hydrogen-bond acceptors (Lipinski definition) is 4. The number of aromatic nitrogens is 1. The number of rotatable bonds is 5. The highest BCUT2D eigenvalue weighted by Crippen LogP contribution is 2.22. The Morgan fingerprint density at radius 2 is 2.04 bits per heavy atom. The first kappa shape index (κ1) is 18.5. The number of ether oxygens (including phenoxy) is 1. The molecule has 1 unspecified atom stereocenters. The Morgan fingerprint density at radius 3 is 2.83 bits per heavy atom. The zero-order chi connectivity index (χ0) is 15.9. The van der Waals surface area contributed by atoms with Crippen molar-refractivity contribution in [3.8, 4) is 5.75 Å². The van der Waals surface area contributed by atoms with Crippen molar-refractivity contribution in [3.63, 3.8) is 0 Å². The first-order valence-corrected chi connectivity index (χ1v) is 8.03. The smallest absolute Gasteiger partial charge is 0.126 e. The molecule has 4 nitrogen and oxygen atoms in total. The highest BCUT2D eigenvalue weighted by atomic mass is 35.5. The predicted octanol–water partition coefficient (Wildman–Crippen LogP) is 3.17. The van der Waals surface area contributed by atoms with Gasteiger partial charge < -0.3 is 10.1 Å². The van der Waals surface area contributed by atoms with Crippen LogP contribution in [0.5, 0.6) is 5.75 Å². The normalized spacial score (nSPS) is 18.3. The molecule has 1 atom stereocenters. The van der Waals surface area contributed by atoms with Gasteiger partial charge in [-0.15, -0.1) is 12.4 Å². The minimum Gasteiger partial charge on any atom is -0.496 e. The van der Waals surface area contributed by atoms with Gasteiger partial charge in [-0.2, -0.15) is 0 Å². The van der Waals surface area contributed by atoms with Crippen LogP contribution in [-0.4, -0.2) is 43.2 Å². The minimum atomic E-state index is 0. The van der Waals surface area contributed by atoms with Crippen molar-refractivity contribution in [2.75, 3.05) is 33.3 Å². The summed E-state index contributed by atoms with van der Waals surface area (Å²) in [4.78, 5) is 6.62. The van der Waals surface area contributed by atoms with Gasteiger partial charge in [0.05, 0.1) is 7.11 Å². The fourth-order valence-corrected chi connectivity index (χ4v) is 3.00. The van der Waals surface area contributed by atoms with Crippen molar-refractivity contribution >= 4 is 18.5 Å². The van der Waals surface area contributed by atoms with E-state index in [1.54, 1.807) is 7.11 Å². The van der Waals surface area contributed by atoms with E-state index in [1.165, 1.54) is 5.56 Å². The maximum absolute atomic E-state index is 5.40. The topological polar surface area (TPSA) is 37.4 Å². The Kier molecular flexibility index (Phi) is 7.25. The van der Waals surface area contributed by atoms with Crippen LogP contribution in [0.2, 0.25) is 0 Å². The van der Waals surface area contributed by atoms with Gasteiger partial charge >= 0.3 is 0 Å². The van der Waals surface area contributed by atoms with Gasteiger partial charge in [-0.1, -0.05) is 30.4 Å². The molecule has 0 radical (unpaired) electrons. The van der Waals surface area contributed by atoms with E-state index in [0.717, 1.165) is 37.5 Å². The van der Waals surface area contributed by atoms with E-state index >= 15 is 0 Å². The van der Waals surface area contributed by atoms with Crippen LogP contribution in [0.1, 0.15) is 17.2 Å². The van der Waals surface area contributed by atoms with Gasteiger partial charge in [-0.25, -0.2) is 0 Å². The van der Waals surface area contributed by atoms with Crippen LogP contribution in [0.25, 0.3) is 6.08 Å². The monoisotopic (exact) mass is 345 g/mol. The van der Waals surface area contributed by atoms with Crippen molar-refractivity contribution in [2.45, 2.75) is 6.04 Å². The number of hydrogen-bond donors (Lipinski definition) is 1. The van der Waals surface area contributed by atoms with Gasteiger partial charge in [0, 0.05) is 50.2 Å². The molecule has 2 aromatic rings. The minimum absolute atomic E-state index is 0. The maximum Gasteiger partial charge on any atom is 0.126 e. The summed E-state index contributed by atoms with van der Waals surface area (Å²) >= 11 is 0. The SMILES string of the molecule is COc1ccccc1/C=C/CN1CCNCC1c1ccncc1.Cl. The number of methoxy groups -OCH3 is 1. The molecule has 1 aliphatic heterocycles. The predicted molar refractivity (Wildman–Crippen MR) is 101 cm³/mol. The van der Waals surface area contributed by atoms with E-state index in [9.17, 15) is 0 Å². The lowest BCUT2D eigenvalue weighted by Gasteiger charge is -2.35. The Morgan fingerprint density at radius 1 is 1.25 bits per heavy atom. The van der Waals surface area contributed by atoms with E-state index in [1.807, 2.05) is 30.6 Å². The summed E-state index contributed by atoms with van der Waals surface area (Å²) in [5.74, 6) is 0.912. The quantitative estimate of drug-likeness (QED) is 0.903. The van der Waals surface area contributed by atoms with E-state index in [4.69, 9.17) is 4.74 Å².